The lowest BCUT2D eigenvalue weighted by molar-refractivity contribution is 0.406. The quantitative estimate of drug-likeness (QED) is 0.652. The summed E-state index contributed by atoms with van der Waals surface area (Å²) in [6, 6.07) is 10.1. The van der Waals surface area contributed by atoms with E-state index >= 15 is 0 Å². The highest BCUT2D eigenvalue weighted by Crippen LogP contribution is 2.35. The number of allylic oxidation sites excluding steroid dienone is 4. The largest absolute Gasteiger partial charge is 0.279 e. The minimum Gasteiger partial charge on any atom is -0.279 e. The predicted octanol–water partition coefficient (Wildman–Crippen LogP) is 4.90. The maximum atomic E-state index is 4.90. The lowest BCUT2D eigenvalue weighted by atomic mass is 9.78. The van der Waals surface area contributed by atoms with Gasteiger partial charge >= 0.3 is 0 Å². The molecule has 0 amide bonds. The lowest BCUT2D eigenvalue weighted by Gasteiger charge is -2.34. The third kappa shape index (κ3) is 2.90. The summed E-state index contributed by atoms with van der Waals surface area (Å²) in [7, 11) is 0. The molecule has 1 aliphatic heterocycles. The van der Waals surface area contributed by atoms with Crippen LogP contribution in [0.4, 0.5) is 5.69 Å². The maximum absolute atomic E-state index is 4.90. The molecular weight excluding hydrogens is 256 g/mol. The van der Waals surface area contributed by atoms with Gasteiger partial charge in [-0.05, 0) is 68.5 Å². The van der Waals surface area contributed by atoms with Gasteiger partial charge < -0.3 is 0 Å². The zero-order valence-electron chi connectivity index (χ0n) is 13.2. The van der Waals surface area contributed by atoms with Gasteiger partial charge in [-0.2, -0.15) is 0 Å². The minimum absolute atomic E-state index is 0.0386. The average Bonchev–Trinajstić information content (AvgIpc) is 2.40. The first-order valence-electron chi connectivity index (χ1n) is 7.59. The number of benzene rings is 1. The standard InChI is InChI=1S/C19H22N2/c1-13-10-18-16(14(2)12-19(3,4)21-18)11-17(13)20-15-8-6-5-7-9-15/h5-11,14H,12H2,1-4H3. The van der Waals surface area contributed by atoms with Crippen LogP contribution in [0.15, 0.2) is 63.6 Å². The van der Waals surface area contributed by atoms with Crippen LogP contribution in [0.1, 0.15) is 34.1 Å². The molecule has 0 fully saturated rings. The molecule has 1 heterocycles. The molecular formula is C19H22N2. The van der Waals surface area contributed by atoms with Crippen LogP contribution in [-0.2, 0) is 0 Å². The normalized spacial score (nSPS) is 25.8. The molecule has 1 unspecified atom stereocenters. The topological polar surface area (TPSA) is 24.7 Å². The first kappa shape index (κ1) is 14.0. The van der Waals surface area contributed by atoms with Gasteiger partial charge in [-0.25, -0.2) is 4.99 Å². The molecule has 3 rings (SSSR count). The second kappa shape index (κ2) is 5.10. The molecule has 1 aliphatic carbocycles. The highest BCUT2D eigenvalue weighted by atomic mass is 14.9. The second-order valence-corrected chi connectivity index (χ2v) is 6.67. The van der Waals surface area contributed by atoms with Gasteiger partial charge in [0.15, 0.2) is 0 Å². The van der Waals surface area contributed by atoms with E-state index in [0.717, 1.165) is 23.5 Å². The van der Waals surface area contributed by atoms with Crippen molar-refractivity contribution in [3.63, 3.8) is 0 Å². The number of fused-ring (bicyclic) bond motifs is 1. The Morgan fingerprint density at radius 3 is 2.57 bits per heavy atom. The van der Waals surface area contributed by atoms with E-state index in [1.54, 1.807) is 0 Å². The SMILES string of the molecule is CC1=CC2=NC(C)(C)CC(C)C2=CC1=Nc1ccccc1. The Morgan fingerprint density at radius 2 is 1.86 bits per heavy atom. The summed E-state index contributed by atoms with van der Waals surface area (Å²) in [5, 5.41) is 0. The van der Waals surface area contributed by atoms with Gasteiger partial charge in [-0.15, -0.1) is 0 Å². The molecule has 0 saturated carbocycles. The molecule has 108 valence electrons. The Bertz CT molecular complexity index is 673. The number of para-hydroxylation sites is 1. The van der Waals surface area contributed by atoms with Gasteiger partial charge in [0.25, 0.3) is 0 Å². The van der Waals surface area contributed by atoms with Crippen LogP contribution in [0.2, 0.25) is 0 Å². The lowest BCUT2D eigenvalue weighted by Crippen LogP contribution is -2.32. The third-order valence-corrected chi connectivity index (χ3v) is 4.11. The van der Waals surface area contributed by atoms with E-state index in [0.29, 0.717) is 5.92 Å². The van der Waals surface area contributed by atoms with Gasteiger partial charge in [-0.1, -0.05) is 25.1 Å². The van der Waals surface area contributed by atoms with E-state index in [1.807, 2.05) is 30.3 Å². The molecule has 0 N–H and O–H groups in total. The van der Waals surface area contributed by atoms with E-state index in [4.69, 9.17) is 9.98 Å². The number of rotatable bonds is 1. The first-order chi connectivity index (χ1) is 9.94. The number of hydrogen-bond donors (Lipinski definition) is 0. The van der Waals surface area contributed by atoms with E-state index in [-0.39, 0.29) is 5.54 Å². The molecule has 0 spiro atoms. The van der Waals surface area contributed by atoms with Gasteiger partial charge in [0, 0.05) is 0 Å². The molecule has 21 heavy (non-hydrogen) atoms. The van der Waals surface area contributed by atoms with Gasteiger partial charge in [0.05, 0.1) is 22.6 Å². The van der Waals surface area contributed by atoms with Crippen LogP contribution in [0.25, 0.3) is 0 Å². The molecule has 0 radical (unpaired) electrons. The fourth-order valence-corrected chi connectivity index (χ4v) is 3.18. The zero-order valence-corrected chi connectivity index (χ0v) is 13.2. The molecule has 1 aromatic carbocycles. The Hall–Kier alpha value is -1.96. The third-order valence-electron chi connectivity index (χ3n) is 4.11. The van der Waals surface area contributed by atoms with Crippen LogP contribution in [0, 0.1) is 5.92 Å². The predicted molar refractivity (Wildman–Crippen MR) is 90.7 cm³/mol. The van der Waals surface area contributed by atoms with Crippen molar-refractivity contribution in [1.29, 1.82) is 0 Å². The number of nitrogens with zero attached hydrogens (tertiary/aromatic N) is 2. The molecule has 0 aromatic heterocycles. The first-order valence-corrected chi connectivity index (χ1v) is 7.59. The fourth-order valence-electron chi connectivity index (χ4n) is 3.18. The van der Waals surface area contributed by atoms with Crippen molar-refractivity contribution >= 4 is 17.1 Å². The van der Waals surface area contributed by atoms with Crippen molar-refractivity contribution in [3.8, 4) is 0 Å². The monoisotopic (exact) mass is 278 g/mol. The van der Waals surface area contributed by atoms with E-state index in [1.165, 1.54) is 11.1 Å². The molecule has 2 aliphatic rings. The summed E-state index contributed by atoms with van der Waals surface area (Å²) >= 11 is 0. The van der Waals surface area contributed by atoms with Gasteiger partial charge in [0.2, 0.25) is 0 Å². The van der Waals surface area contributed by atoms with E-state index < -0.39 is 0 Å². The Labute approximate surface area is 127 Å². The molecule has 2 nitrogen and oxygen atoms in total. The molecule has 1 aromatic rings. The smallest absolute Gasteiger partial charge is 0.0670 e. The van der Waals surface area contributed by atoms with Crippen molar-refractivity contribution in [1.82, 2.24) is 0 Å². The minimum atomic E-state index is 0.0386. The summed E-state index contributed by atoms with van der Waals surface area (Å²) in [6.07, 6.45) is 5.50. The average molecular weight is 278 g/mol. The van der Waals surface area contributed by atoms with Crippen LogP contribution < -0.4 is 0 Å². The second-order valence-electron chi connectivity index (χ2n) is 6.67. The van der Waals surface area contributed by atoms with Crippen LogP contribution in [-0.4, -0.2) is 17.0 Å². The van der Waals surface area contributed by atoms with Crippen molar-refractivity contribution in [2.45, 2.75) is 39.7 Å². The van der Waals surface area contributed by atoms with E-state index in [9.17, 15) is 0 Å². The highest BCUT2D eigenvalue weighted by molar-refractivity contribution is 6.24. The van der Waals surface area contributed by atoms with Crippen molar-refractivity contribution < 1.29 is 0 Å². The Morgan fingerprint density at radius 1 is 1.14 bits per heavy atom. The van der Waals surface area contributed by atoms with E-state index in [2.05, 4.69) is 39.8 Å². The summed E-state index contributed by atoms with van der Waals surface area (Å²) in [5.41, 5.74) is 5.75. The van der Waals surface area contributed by atoms with Crippen LogP contribution in [0.5, 0.6) is 0 Å². The Kier molecular flexibility index (Phi) is 3.40. The maximum Gasteiger partial charge on any atom is 0.0670 e. The highest BCUT2D eigenvalue weighted by Gasteiger charge is 2.31. The van der Waals surface area contributed by atoms with Crippen molar-refractivity contribution in [2.24, 2.45) is 15.9 Å². The van der Waals surface area contributed by atoms with Crippen molar-refractivity contribution in [2.75, 3.05) is 0 Å². The number of aliphatic imine (C=N–C) groups is 2. The molecule has 0 bridgehead atoms. The van der Waals surface area contributed by atoms with Crippen LogP contribution in [0.3, 0.4) is 0 Å². The van der Waals surface area contributed by atoms with Crippen molar-refractivity contribution in [3.05, 3.63) is 53.6 Å². The summed E-state index contributed by atoms with van der Waals surface area (Å²) in [5.74, 6) is 0.526. The summed E-state index contributed by atoms with van der Waals surface area (Å²) in [4.78, 5) is 9.67. The van der Waals surface area contributed by atoms with Gasteiger partial charge in [-0.3, -0.25) is 4.99 Å². The fraction of sp³-hybridized carbons (Fsp3) is 0.368. The molecule has 1 atom stereocenters. The molecule has 0 saturated heterocycles. The zero-order chi connectivity index (χ0) is 15.0. The van der Waals surface area contributed by atoms with Crippen LogP contribution >= 0.6 is 0 Å². The summed E-state index contributed by atoms with van der Waals surface area (Å²) < 4.78 is 0. The summed E-state index contributed by atoms with van der Waals surface area (Å²) in [6.45, 7) is 8.83. The molecule has 2 heteroatoms. The van der Waals surface area contributed by atoms with Gasteiger partial charge in [0.1, 0.15) is 0 Å². The Balaban J connectivity index is 2.03. The number of hydrogen-bond acceptors (Lipinski definition) is 2.